The molecular formula is C23H27N3O3S2. The van der Waals surface area contributed by atoms with E-state index in [9.17, 15) is 13.2 Å². The van der Waals surface area contributed by atoms with E-state index in [0.29, 0.717) is 31.1 Å². The number of amides is 1. The van der Waals surface area contributed by atoms with Gasteiger partial charge in [-0.05, 0) is 56.0 Å². The molecule has 1 aliphatic heterocycles. The van der Waals surface area contributed by atoms with E-state index < -0.39 is 10.0 Å². The third-order valence-electron chi connectivity index (χ3n) is 5.86. The lowest BCUT2D eigenvalue weighted by atomic mass is 9.96. The van der Waals surface area contributed by atoms with E-state index in [1.54, 1.807) is 11.8 Å². The van der Waals surface area contributed by atoms with Crippen molar-refractivity contribution < 1.29 is 13.2 Å². The maximum Gasteiger partial charge on any atom is 0.236 e. The van der Waals surface area contributed by atoms with Crippen molar-refractivity contribution in [1.82, 2.24) is 9.29 Å². The number of hydrogen-bond acceptors (Lipinski definition) is 5. The largest absolute Gasteiger partial charge is 0.274 e. The summed E-state index contributed by atoms with van der Waals surface area (Å²) in [5, 5.41) is 0.652. The number of carbonyl (C=O) groups excluding carboxylic acids is 1. The molecule has 8 heteroatoms. The van der Waals surface area contributed by atoms with E-state index in [1.165, 1.54) is 21.2 Å². The van der Waals surface area contributed by atoms with Gasteiger partial charge in [-0.25, -0.2) is 17.7 Å². The highest BCUT2D eigenvalue weighted by atomic mass is 32.2. The third kappa shape index (κ3) is 4.51. The van der Waals surface area contributed by atoms with E-state index in [4.69, 9.17) is 4.98 Å². The number of aromatic nitrogens is 1. The summed E-state index contributed by atoms with van der Waals surface area (Å²) in [4.78, 5) is 20.1. The summed E-state index contributed by atoms with van der Waals surface area (Å²) in [5.41, 5.74) is 2.87. The molecule has 0 radical (unpaired) electrons. The third-order valence-corrected chi connectivity index (χ3v) is 8.76. The zero-order valence-corrected chi connectivity index (χ0v) is 19.5. The van der Waals surface area contributed by atoms with Gasteiger partial charge in [-0.2, -0.15) is 0 Å². The van der Waals surface area contributed by atoms with Gasteiger partial charge in [0, 0.05) is 19.0 Å². The molecule has 2 aromatic carbocycles. The number of rotatable bonds is 6. The molecule has 0 atom stereocenters. The van der Waals surface area contributed by atoms with Gasteiger partial charge < -0.3 is 0 Å². The van der Waals surface area contributed by atoms with Gasteiger partial charge in [-0.3, -0.25) is 9.69 Å². The molecule has 0 N–H and O–H groups in total. The Labute approximate surface area is 187 Å². The van der Waals surface area contributed by atoms with Gasteiger partial charge in [0.2, 0.25) is 15.9 Å². The van der Waals surface area contributed by atoms with Crippen LogP contribution in [0.4, 0.5) is 10.8 Å². The Kier molecular flexibility index (Phi) is 6.41. The average Bonchev–Trinajstić information content (AvgIpc) is 3.23. The van der Waals surface area contributed by atoms with E-state index in [2.05, 4.69) is 6.92 Å². The van der Waals surface area contributed by atoms with E-state index in [1.807, 2.05) is 48.5 Å². The zero-order valence-electron chi connectivity index (χ0n) is 17.8. The smallest absolute Gasteiger partial charge is 0.236 e. The van der Waals surface area contributed by atoms with Crippen molar-refractivity contribution in [2.45, 2.75) is 33.1 Å². The fourth-order valence-electron chi connectivity index (χ4n) is 3.91. The van der Waals surface area contributed by atoms with Crippen LogP contribution in [0.5, 0.6) is 0 Å². The van der Waals surface area contributed by atoms with E-state index >= 15 is 0 Å². The Bertz CT molecular complexity index is 1130. The lowest BCUT2D eigenvalue weighted by Crippen LogP contribution is -2.43. The maximum atomic E-state index is 13.7. The van der Waals surface area contributed by atoms with Crippen molar-refractivity contribution >= 4 is 48.3 Å². The van der Waals surface area contributed by atoms with Crippen molar-refractivity contribution in [3.63, 3.8) is 0 Å². The molecule has 0 aliphatic carbocycles. The van der Waals surface area contributed by atoms with Crippen LogP contribution in [0.15, 0.2) is 48.5 Å². The Hall–Kier alpha value is -2.29. The molecule has 2 heterocycles. The van der Waals surface area contributed by atoms with Crippen molar-refractivity contribution in [3.05, 3.63) is 54.1 Å². The first-order valence-electron chi connectivity index (χ1n) is 10.7. The monoisotopic (exact) mass is 457 g/mol. The molecule has 6 nitrogen and oxygen atoms in total. The Morgan fingerprint density at radius 2 is 1.77 bits per heavy atom. The van der Waals surface area contributed by atoms with Gasteiger partial charge in [0.1, 0.15) is 0 Å². The minimum atomic E-state index is -3.22. The Morgan fingerprint density at radius 3 is 2.39 bits per heavy atom. The zero-order chi connectivity index (χ0) is 22.0. The van der Waals surface area contributed by atoms with Crippen molar-refractivity contribution in [1.29, 1.82) is 0 Å². The van der Waals surface area contributed by atoms with Crippen LogP contribution < -0.4 is 4.90 Å². The maximum absolute atomic E-state index is 13.7. The quantitative estimate of drug-likeness (QED) is 0.543. The van der Waals surface area contributed by atoms with Crippen LogP contribution in [-0.4, -0.2) is 42.5 Å². The number of benzene rings is 2. The minimum Gasteiger partial charge on any atom is -0.274 e. The first-order chi connectivity index (χ1) is 14.9. The molecule has 1 aromatic heterocycles. The summed E-state index contributed by atoms with van der Waals surface area (Å²) in [6.45, 7) is 4.52. The van der Waals surface area contributed by atoms with Crippen LogP contribution in [0.3, 0.4) is 0 Å². The van der Waals surface area contributed by atoms with Gasteiger partial charge in [0.25, 0.3) is 0 Å². The standard InChI is InChI=1S/C23H27N3O3S2/c1-3-17-9-11-19(12-10-17)26(23-24-20-7-5-6-8-21(20)30-23)22(27)18-13-15-25(16-14-18)31(28,29)4-2/h5-12,18H,3-4,13-16H2,1-2H3. The summed E-state index contributed by atoms with van der Waals surface area (Å²) in [7, 11) is -3.22. The van der Waals surface area contributed by atoms with E-state index in [0.717, 1.165) is 22.3 Å². The first kappa shape index (κ1) is 21.9. The van der Waals surface area contributed by atoms with Gasteiger partial charge in [-0.15, -0.1) is 0 Å². The number of para-hydroxylation sites is 1. The Morgan fingerprint density at radius 1 is 1.10 bits per heavy atom. The molecule has 0 bridgehead atoms. The number of aryl methyl sites for hydroxylation is 1. The lowest BCUT2D eigenvalue weighted by molar-refractivity contribution is -0.122. The van der Waals surface area contributed by atoms with Crippen LogP contribution in [0.2, 0.25) is 0 Å². The number of thiazole rings is 1. The molecule has 1 saturated heterocycles. The molecule has 4 rings (SSSR count). The molecule has 164 valence electrons. The molecule has 1 aliphatic rings. The van der Waals surface area contributed by atoms with Gasteiger partial charge >= 0.3 is 0 Å². The molecule has 1 amide bonds. The molecule has 0 spiro atoms. The summed E-state index contributed by atoms with van der Waals surface area (Å²) < 4.78 is 26.9. The topological polar surface area (TPSA) is 70.6 Å². The predicted molar refractivity (Wildman–Crippen MR) is 126 cm³/mol. The minimum absolute atomic E-state index is 0.0168. The van der Waals surface area contributed by atoms with Crippen LogP contribution in [0.1, 0.15) is 32.3 Å². The van der Waals surface area contributed by atoms with Crippen LogP contribution in [-0.2, 0) is 21.2 Å². The fraction of sp³-hybridized carbons (Fsp3) is 0.391. The van der Waals surface area contributed by atoms with Gasteiger partial charge in [0.15, 0.2) is 5.13 Å². The molecule has 0 unspecified atom stereocenters. The Balaban J connectivity index is 1.65. The number of carbonyl (C=O) groups is 1. The number of piperidine rings is 1. The SMILES string of the molecule is CCc1ccc(N(C(=O)C2CCN(S(=O)(=O)CC)CC2)c2nc3ccccc3s2)cc1. The van der Waals surface area contributed by atoms with Crippen molar-refractivity contribution in [2.24, 2.45) is 5.92 Å². The number of sulfonamides is 1. The molecular weight excluding hydrogens is 430 g/mol. The van der Waals surface area contributed by atoms with Crippen LogP contribution in [0, 0.1) is 5.92 Å². The normalized spacial score (nSPS) is 15.9. The number of nitrogens with zero attached hydrogens (tertiary/aromatic N) is 3. The van der Waals surface area contributed by atoms with E-state index in [-0.39, 0.29) is 17.6 Å². The first-order valence-corrected chi connectivity index (χ1v) is 13.1. The summed E-state index contributed by atoms with van der Waals surface area (Å²) in [6.07, 6.45) is 1.97. The summed E-state index contributed by atoms with van der Waals surface area (Å²) in [5.74, 6) is -0.161. The van der Waals surface area contributed by atoms with Crippen molar-refractivity contribution in [3.8, 4) is 0 Å². The highest BCUT2D eigenvalue weighted by molar-refractivity contribution is 7.89. The molecule has 0 saturated carbocycles. The second-order valence-electron chi connectivity index (χ2n) is 7.73. The average molecular weight is 458 g/mol. The highest BCUT2D eigenvalue weighted by Gasteiger charge is 2.34. The highest BCUT2D eigenvalue weighted by Crippen LogP contribution is 2.36. The summed E-state index contributed by atoms with van der Waals surface area (Å²) >= 11 is 1.50. The number of fused-ring (bicyclic) bond motifs is 1. The van der Waals surface area contributed by atoms with Crippen LogP contribution >= 0.6 is 11.3 Å². The second kappa shape index (κ2) is 9.06. The van der Waals surface area contributed by atoms with Crippen molar-refractivity contribution in [2.75, 3.05) is 23.7 Å². The predicted octanol–water partition coefficient (Wildman–Crippen LogP) is 4.59. The number of anilines is 2. The van der Waals surface area contributed by atoms with Crippen LogP contribution in [0.25, 0.3) is 10.2 Å². The molecule has 3 aromatic rings. The molecule has 31 heavy (non-hydrogen) atoms. The molecule has 1 fully saturated rings. The van der Waals surface area contributed by atoms with Gasteiger partial charge in [0.05, 0.1) is 21.7 Å². The lowest BCUT2D eigenvalue weighted by Gasteiger charge is -2.32. The van der Waals surface area contributed by atoms with Gasteiger partial charge in [-0.1, -0.05) is 42.5 Å². The fourth-order valence-corrected chi connectivity index (χ4v) is 6.04. The number of hydrogen-bond donors (Lipinski definition) is 0. The summed E-state index contributed by atoms with van der Waals surface area (Å²) in [6, 6.07) is 15.9. The second-order valence-corrected chi connectivity index (χ2v) is 11.0.